The van der Waals surface area contributed by atoms with E-state index in [1.165, 1.54) is 12.8 Å². The maximum absolute atomic E-state index is 11.9. The van der Waals surface area contributed by atoms with Crippen molar-refractivity contribution in [1.29, 1.82) is 0 Å². The van der Waals surface area contributed by atoms with E-state index < -0.39 is 24.1 Å². The molecule has 0 aromatic rings. The van der Waals surface area contributed by atoms with Crippen molar-refractivity contribution in [1.82, 2.24) is 0 Å². The van der Waals surface area contributed by atoms with Crippen LogP contribution < -0.4 is 5.11 Å². The molecule has 0 spiro atoms. The molecule has 0 aliphatic carbocycles. The molecule has 136 valence electrons. The molecular formula is C17H33NO5. The number of hydrogen-bond acceptors (Lipinski definition) is 5. The summed E-state index contributed by atoms with van der Waals surface area (Å²) in [5.74, 6) is -1.79. The number of unbranched alkanes of at least 4 members (excludes halogenated alkanes) is 4. The number of carboxylic acid groups (broad SMARTS) is 1. The number of aliphatic hydroxyl groups is 1. The summed E-state index contributed by atoms with van der Waals surface area (Å²) < 4.78 is 5.69. The van der Waals surface area contributed by atoms with Gasteiger partial charge < -0.3 is 24.2 Å². The fourth-order valence-corrected chi connectivity index (χ4v) is 2.45. The molecule has 6 heteroatoms. The number of aliphatic hydroxyl groups excluding tert-OH is 1. The van der Waals surface area contributed by atoms with Crippen molar-refractivity contribution in [3.05, 3.63) is 0 Å². The first kappa shape index (κ1) is 21.9. The zero-order valence-electron chi connectivity index (χ0n) is 15.0. The number of quaternary nitrogens is 1. The maximum Gasteiger partial charge on any atom is 0.308 e. The second kappa shape index (κ2) is 11.4. The minimum absolute atomic E-state index is 0.0888. The summed E-state index contributed by atoms with van der Waals surface area (Å²) in [6.07, 6.45) is 4.13. The molecule has 6 nitrogen and oxygen atoms in total. The number of aliphatic carboxylic acids is 1. The van der Waals surface area contributed by atoms with Gasteiger partial charge in [-0.1, -0.05) is 39.0 Å². The molecule has 0 saturated heterocycles. The quantitative estimate of drug-likeness (QED) is 0.307. The van der Waals surface area contributed by atoms with Crippen molar-refractivity contribution in [2.45, 2.75) is 70.5 Å². The Hall–Kier alpha value is -1.14. The van der Waals surface area contributed by atoms with Gasteiger partial charge in [0.15, 0.2) is 6.10 Å². The van der Waals surface area contributed by atoms with E-state index in [1.807, 2.05) is 21.1 Å². The highest BCUT2D eigenvalue weighted by Gasteiger charge is 2.23. The zero-order valence-corrected chi connectivity index (χ0v) is 15.0. The Labute approximate surface area is 140 Å². The summed E-state index contributed by atoms with van der Waals surface area (Å²) in [5.41, 5.74) is 0. The van der Waals surface area contributed by atoms with Gasteiger partial charge in [-0.3, -0.25) is 4.79 Å². The number of nitrogens with zero attached hydrogens (tertiary/aromatic N) is 1. The molecule has 0 amide bonds. The molecule has 0 aromatic heterocycles. The summed E-state index contributed by atoms with van der Waals surface area (Å²) in [6, 6.07) is 0. The van der Waals surface area contributed by atoms with Gasteiger partial charge in [-0.2, -0.15) is 0 Å². The van der Waals surface area contributed by atoms with Crippen LogP contribution >= 0.6 is 0 Å². The van der Waals surface area contributed by atoms with Crippen LogP contribution in [0.5, 0.6) is 0 Å². The molecule has 1 N–H and O–H groups in total. The molecule has 0 heterocycles. The second-order valence-electron chi connectivity index (χ2n) is 7.22. The first-order valence-electron chi connectivity index (χ1n) is 8.52. The molecule has 0 fully saturated rings. The Kier molecular flexibility index (Phi) is 10.8. The van der Waals surface area contributed by atoms with Gasteiger partial charge in [-0.15, -0.1) is 0 Å². The first-order valence-corrected chi connectivity index (χ1v) is 8.52. The molecule has 0 saturated carbocycles. The number of carboxylic acids is 1. The lowest BCUT2D eigenvalue weighted by atomic mass is 10.1. The van der Waals surface area contributed by atoms with Crippen LogP contribution in [0.1, 0.15) is 58.3 Å². The average molecular weight is 331 g/mol. The SMILES string of the molecule is CCCCCCC[C@H](O)CC(=O)O[C@H](CC(=O)[O-])C[N+](C)(C)C. The Morgan fingerprint density at radius 2 is 1.70 bits per heavy atom. The van der Waals surface area contributed by atoms with Crippen molar-refractivity contribution in [3.63, 3.8) is 0 Å². The lowest BCUT2D eigenvalue weighted by molar-refractivity contribution is -0.873. The topological polar surface area (TPSA) is 86.7 Å². The smallest absolute Gasteiger partial charge is 0.308 e. The van der Waals surface area contributed by atoms with E-state index in [4.69, 9.17) is 4.74 Å². The third kappa shape index (κ3) is 14.2. The van der Waals surface area contributed by atoms with Gasteiger partial charge >= 0.3 is 5.97 Å². The minimum atomic E-state index is -1.24. The molecule has 0 radical (unpaired) electrons. The third-order valence-electron chi connectivity index (χ3n) is 3.49. The molecule has 0 aliphatic heterocycles. The highest BCUT2D eigenvalue weighted by molar-refractivity contribution is 5.71. The first-order chi connectivity index (χ1) is 10.6. The molecule has 2 atom stereocenters. The maximum atomic E-state index is 11.9. The van der Waals surface area contributed by atoms with Gasteiger partial charge in [0, 0.05) is 12.4 Å². The van der Waals surface area contributed by atoms with Gasteiger partial charge in [-0.25, -0.2) is 0 Å². The van der Waals surface area contributed by atoms with Crippen LogP contribution in [0.25, 0.3) is 0 Å². The fourth-order valence-electron chi connectivity index (χ4n) is 2.45. The van der Waals surface area contributed by atoms with E-state index in [9.17, 15) is 19.8 Å². The number of esters is 1. The summed E-state index contributed by atoms with van der Waals surface area (Å²) in [5, 5.41) is 20.6. The standard InChI is InChI=1S/C17H33NO5/c1-5-6-7-8-9-10-14(19)11-17(22)23-15(12-16(20)21)13-18(2,3)4/h14-15,19H,5-13H2,1-4H3/t14-,15+/m0/s1. The third-order valence-corrected chi connectivity index (χ3v) is 3.49. The number of carbonyl (C=O) groups is 2. The van der Waals surface area contributed by atoms with Gasteiger partial charge in [0.25, 0.3) is 0 Å². The lowest BCUT2D eigenvalue weighted by Crippen LogP contribution is -2.45. The Morgan fingerprint density at radius 1 is 1.09 bits per heavy atom. The molecular weight excluding hydrogens is 298 g/mol. The fraction of sp³-hybridized carbons (Fsp3) is 0.882. The Balaban J connectivity index is 4.16. The number of carbonyl (C=O) groups excluding carboxylic acids is 2. The van der Waals surface area contributed by atoms with Crippen molar-refractivity contribution in [2.24, 2.45) is 0 Å². The Bertz CT molecular complexity index is 351. The van der Waals surface area contributed by atoms with Crippen LogP contribution in [0.4, 0.5) is 0 Å². The summed E-state index contributed by atoms with van der Waals surface area (Å²) >= 11 is 0. The van der Waals surface area contributed by atoms with Crippen molar-refractivity contribution < 1.29 is 29.0 Å². The van der Waals surface area contributed by atoms with E-state index in [0.29, 0.717) is 17.4 Å². The van der Waals surface area contributed by atoms with Crippen molar-refractivity contribution in [2.75, 3.05) is 27.7 Å². The minimum Gasteiger partial charge on any atom is -0.550 e. The van der Waals surface area contributed by atoms with Crippen LogP contribution in [0.3, 0.4) is 0 Å². The molecule has 0 aromatic carbocycles. The highest BCUT2D eigenvalue weighted by atomic mass is 16.5. The van der Waals surface area contributed by atoms with E-state index in [1.54, 1.807) is 0 Å². The van der Waals surface area contributed by atoms with Crippen LogP contribution in [-0.4, -0.2) is 61.4 Å². The second-order valence-corrected chi connectivity index (χ2v) is 7.22. The largest absolute Gasteiger partial charge is 0.550 e. The Morgan fingerprint density at radius 3 is 2.22 bits per heavy atom. The number of likely N-dealkylation sites (N-methyl/N-ethyl adjacent to an activating group) is 1. The van der Waals surface area contributed by atoms with Crippen molar-refractivity contribution >= 4 is 11.9 Å². The van der Waals surface area contributed by atoms with E-state index in [-0.39, 0.29) is 12.8 Å². The van der Waals surface area contributed by atoms with Crippen LogP contribution in [-0.2, 0) is 14.3 Å². The van der Waals surface area contributed by atoms with Crippen LogP contribution in [0.15, 0.2) is 0 Å². The molecule has 0 bridgehead atoms. The predicted octanol–water partition coefficient (Wildman–Crippen LogP) is 0.856. The van der Waals surface area contributed by atoms with Gasteiger partial charge in [0.2, 0.25) is 0 Å². The number of ether oxygens (including phenoxy) is 1. The molecule has 23 heavy (non-hydrogen) atoms. The normalized spacial score (nSPS) is 14.3. The van der Waals surface area contributed by atoms with Gasteiger partial charge in [0.1, 0.15) is 6.54 Å². The summed E-state index contributed by atoms with van der Waals surface area (Å²) in [4.78, 5) is 22.6. The average Bonchev–Trinajstić information content (AvgIpc) is 2.35. The van der Waals surface area contributed by atoms with Gasteiger partial charge in [0.05, 0.1) is 33.7 Å². The van der Waals surface area contributed by atoms with E-state index >= 15 is 0 Å². The number of hydrogen-bond donors (Lipinski definition) is 1. The predicted molar refractivity (Wildman–Crippen MR) is 86.4 cm³/mol. The van der Waals surface area contributed by atoms with Crippen LogP contribution in [0.2, 0.25) is 0 Å². The lowest BCUT2D eigenvalue weighted by Gasteiger charge is -2.29. The summed E-state index contributed by atoms with van der Waals surface area (Å²) in [6.45, 7) is 2.52. The monoisotopic (exact) mass is 331 g/mol. The van der Waals surface area contributed by atoms with E-state index in [0.717, 1.165) is 19.3 Å². The van der Waals surface area contributed by atoms with E-state index in [2.05, 4.69) is 6.92 Å². The molecule has 0 rings (SSSR count). The highest BCUT2D eigenvalue weighted by Crippen LogP contribution is 2.11. The molecule has 0 unspecified atom stereocenters. The number of rotatable bonds is 13. The molecule has 0 aliphatic rings. The zero-order chi connectivity index (χ0) is 17.9. The van der Waals surface area contributed by atoms with Crippen molar-refractivity contribution in [3.8, 4) is 0 Å². The summed E-state index contributed by atoms with van der Waals surface area (Å²) in [7, 11) is 5.67. The van der Waals surface area contributed by atoms with Gasteiger partial charge in [-0.05, 0) is 6.42 Å². The van der Waals surface area contributed by atoms with Crippen LogP contribution in [0, 0.1) is 0 Å².